The molecule has 0 radical (unpaired) electrons. The lowest BCUT2D eigenvalue weighted by Crippen LogP contribution is -2.18. The highest BCUT2D eigenvalue weighted by atomic mass is 79.9. The molecule has 5 heteroatoms. The predicted molar refractivity (Wildman–Crippen MR) is 90.3 cm³/mol. The van der Waals surface area contributed by atoms with Gasteiger partial charge in [0.25, 0.3) is 0 Å². The molecule has 0 saturated heterocycles. The Labute approximate surface area is 141 Å². The van der Waals surface area contributed by atoms with Crippen molar-refractivity contribution < 1.29 is 9.13 Å². The standard InChI is InChI=1S/C16H16Br2FNO/c1-3-21-11-5-6-12(13(17)9-11)16(20-2)10-4-7-15(19)14(18)8-10/h4-9,16,20H,3H2,1-2H3. The van der Waals surface area contributed by atoms with Gasteiger partial charge in [0.1, 0.15) is 11.6 Å². The molecule has 2 aromatic carbocycles. The van der Waals surface area contributed by atoms with Crippen LogP contribution in [0.1, 0.15) is 24.1 Å². The Hall–Kier alpha value is -0.910. The molecule has 2 rings (SSSR count). The van der Waals surface area contributed by atoms with Gasteiger partial charge >= 0.3 is 0 Å². The highest BCUT2D eigenvalue weighted by molar-refractivity contribution is 9.10. The lowest BCUT2D eigenvalue weighted by molar-refractivity contribution is 0.340. The van der Waals surface area contributed by atoms with Crippen LogP contribution in [0.3, 0.4) is 0 Å². The normalized spacial score (nSPS) is 12.2. The van der Waals surface area contributed by atoms with Gasteiger partial charge in [-0.2, -0.15) is 0 Å². The second kappa shape index (κ2) is 7.38. The molecule has 2 nitrogen and oxygen atoms in total. The summed E-state index contributed by atoms with van der Waals surface area (Å²) in [6.45, 7) is 2.58. The van der Waals surface area contributed by atoms with E-state index >= 15 is 0 Å². The minimum Gasteiger partial charge on any atom is -0.494 e. The monoisotopic (exact) mass is 415 g/mol. The summed E-state index contributed by atoms with van der Waals surface area (Å²) in [4.78, 5) is 0. The minimum atomic E-state index is -0.264. The lowest BCUT2D eigenvalue weighted by Gasteiger charge is -2.20. The molecule has 0 saturated carbocycles. The maximum Gasteiger partial charge on any atom is 0.137 e. The number of hydrogen-bond acceptors (Lipinski definition) is 2. The van der Waals surface area contributed by atoms with Gasteiger partial charge in [-0.15, -0.1) is 0 Å². The van der Waals surface area contributed by atoms with Gasteiger partial charge < -0.3 is 10.1 Å². The molecular formula is C16H16Br2FNO. The number of nitrogens with one attached hydrogen (secondary N) is 1. The van der Waals surface area contributed by atoms with Gasteiger partial charge in [0.05, 0.1) is 17.1 Å². The molecule has 112 valence electrons. The summed E-state index contributed by atoms with van der Waals surface area (Å²) < 4.78 is 20.3. The zero-order chi connectivity index (χ0) is 15.4. The Bertz CT molecular complexity index is 634. The maximum atomic E-state index is 13.4. The van der Waals surface area contributed by atoms with Crippen molar-refractivity contribution in [3.05, 3.63) is 62.3 Å². The van der Waals surface area contributed by atoms with Crippen LogP contribution < -0.4 is 10.1 Å². The van der Waals surface area contributed by atoms with E-state index < -0.39 is 0 Å². The lowest BCUT2D eigenvalue weighted by atomic mass is 9.99. The van der Waals surface area contributed by atoms with Gasteiger partial charge in [-0.05, 0) is 65.3 Å². The van der Waals surface area contributed by atoms with Crippen LogP contribution in [0.25, 0.3) is 0 Å². The van der Waals surface area contributed by atoms with Crippen molar-refractivity contribution in [2.45, 2.75) is 13.0 Å². The van der Waals surface area contributed by atoms with Crippen molar-refractivity contribution in [2.75, 3.05) is 13.7 Å². The fraction of sp³-hybridized carbons (Fsp3) is 0.250. The van der Waals surface area contributed by atoms with Crippen LogP contribution >= 0.6 is 31.9 Å². The van der Waals surface area contributed by atoms with Crippen molar-refractivity contribution in [3.63, 3.8) is 0 Å². The topological polar surface area (TPSA) is 21.3 Å². The maximum absolute atomic E-state index is 13.4. The van der Waals surface area contributed by atoms with Gasteiger partial charge in [-0.25, -0.2) is 4.39 Å². The summed E-state index contributed by atoms with van der Waals surface area (Å²) in [6, 6.07) is 10.9. The van der Waals surface area contributed by atoms with Crippen LogP contribution in [0.5, 0.6) is 5.75 Å². The molecule has 0 spiro atoms. The largest absolute Gasteiger partial charge is 0.494 e. The van der Waals surface area contributed by atoms with Crippen LogP contribution in [-0.4, -0.2) is 13.7 Å². The fourth-order valence-electron chi connectivity index (χ4n) is 2.19. The van der Waals surface area contributed by atoms with Crippen molar-refractivity contribution in [1.29, 1.82) is 0 Å². The van der Waals surface area contributed by atoms with Crippen molar-refractivity contribution in [3.8, 4) is 5.75 Å². The molecular weight excluding hydrogens is 401 g/mol. The molecule has 0 heterocycles. The molecule has 0 aromatic heterocycles. The van der Waals surface area contributed by atoms with Crippen molar-refractivity contribution in [2.24, 2.45) is 0 Å². The van der Waals surface area contributed by atoms with Gasteiger partial charge in [-0.3, -0.25) is 0 Å². The van der Waals surface area contributed by atoms with Gasteiger partial charge in [0.15, 0.2) is 0 Å². The molecule has 0 aliphatic rings. The molecule has 0 fully saturated rings. The smallest absolute Gasteiger partial charge is 0.137 e. The van der Waals surface area contributed by atoms with E-state index in [0.29, 0.717) is 11.1 Å². The van der Waals surface area contributed by atoms with E-state index in [2.05, 4.69) is 37.2 Å². The Morgan fingerprint density at radius 2 is 1.90 bits per heavy atom. The summed E-state index contributed by atoms with van der Waals surface area (Å²) in [7, 11) is 1.88. The number of hydrogen-bond donors (Lipinski definition) is 1. The van der Waals surface area contributed by atoms with Gasteiger partial charge in [0, 0.05) is 4.47 Å². The van der Waals surface area contributed by atoms with Gasteiger partial charge in [0.2, 0.25) is 0 Å². The van der Waals surface area contributed by atoms with E-state index in [1.165, 1.54) is 6.07 Å². The SMILES string of the molecule is CCOc1ccc(C(NC)c2ccc(F)c(Br)c2)c(Br)c1. The van der Waals surface area contributed by atoms with Crippen LogP contribution in [0.4, 0.5) is 4.39 Å². The predicted octanol–water partition coefficient (Wildman–Crippen LogP) is 5.06. The Kier molecular flexibility index (Phi) is 5.79. The van der Waals surface area contributed by atoms with Crippen LogP contribution in [0, 0.1) is 5.82 Å². The summed E-state index contributed by atoms with van der Waals surface area (Å²) in [6.07, 6.45) is 0. The molecule has 0 amide bonds. The quantitative estimate of drug-likeness (QED) is 0.735. The molecule has 1 atom stereocenters. The summed E-state index contributed by atoms with van der Waals surface area (Å²) in [5.41, 5.74) is 2.05. The van der Waals surface area contributed by atoms with Crippen molar-refractivity contribution >= 4 is 31.9 Å². The third-order valence-electron chi connectivity index (χ3n) is 3.16. The Morgan fingerprint density at radius 3 is 2.48 bits per heavy atom. The molecule has 0 aliphatic carbocycles. The van der Waals surface area contributed by atoms with Crippen LogP contribution in [0.15, 0.2) is 45.3 Å². The molecule has 2 aromatic rings. The van der Waals surface area contributed by atoms with Crippen LogP contribution in [0.2, 0.25) is 0 Å². The molecule has 21 heavy (non-hydrogen) atoms. The average molecular weight is 417 g/mol. The van der Waals surface area contributed by atoms with E-state index in [-0.39, 0.29) is 11.9 Å². The van der Waals surface area contributed by atoms with Crippen LogP contribution in [-0.2, 0) is 0 Å². The number of ether oxygens (including phenoxy) is 1. The number of benzene rings is 2. The highest BCUT2D eigenvalue weighted by Gasteiger charge is 2.16. The van der Waals surface area contributed by atoms with E-state index in [0.717, 1.165) is 21.3 Å². The first kappa shape index (κ1) is 16.5. The molecule has 0 bridgehead atoms. The first-order chi connectivity index (χ1) is 10.1. The first-order valence-electron chi connectivity index (χ1n) is 6.61. The summed E-state index contributed by atoms with van der Waals surface area (Å²) in [5.74, 6) is 0.558. The molecule has 1 unspecified atom stereocenters. The van der Waals surface area contributed by atoms with E-state index in [1.807, 2.05) is 32.2 Å². The van der Waals surface area contributed by atoms with Gasteiger partial charge in [-0.1, -0.05) is 28.1 Å². The molecule has 1 N–H and O–H groups in total. The molecule has 0 aliphatic heterocycles. The summed E-state index contributed by atoms with van der Waals surface area (Å²) >= 11 is 6.82. The number of halogens is 3. The second-order valence-electron chi connectivity index (χ2n) is 4.51. The summed E-state index contributed by atoms with van der Waals surface area (Å²) in [5, 5.41) is 3.26. The third kappa shape index (κ3) is 3.84. The number of rotatable bonds is 5. The average Bonchev–Trinajstić information content (AvgIpc) is 2.46. The Morgan fingerprint density at radius 1 is 1.14 bits per heavy atom. The third-order valence-corrected chi connectivity index (χ3v) is 4.45. The highest BCUT2D eigenvalue weighted by Crippen LogP contribution is 2.32. The zero-order valence-electron chi connectivity index (χ0n) is 11.8. The minimum absolute atomic E-state index is 0.0352. The van der Waals surface area contributed by atoms with E-state index in [9.17, 15) is 4.39 Å². The van der Waals surface area contributed by atoms with E-state index in [1.54, 1.807) is 12.1 Å². The zero-order valence-corrected chi connectivity index (χ0v) is 15.0. The van der Waals surface area contributed by atoms with Crippen molar-refractivity contribution in [1.82, 2.24) is 5.32 Å². The fourth-order valence-corrected chi connectivity index (χ4v) is 3.18. The first-order valence-corrected chi connectivity index (χ1v) is 8.19. The second-order valence-corrected chi connectivity index (χ2v) is 6.22. The van der Waals surface area contributed by atoms with E-state index in [4.69, 9.17) is 4.74 Å². The Balaban J connectivity index is 2.38.